The quantitative estimate of drug-likeness (QED) is 0.479. The fourth-order valence-corrected chi connectivity index (χ4v) is 3.89. The van der Waals surface area contributed by atoms with Gasteiger partial charge in [-0.1, -0.05) is 28.1 Å². The molecule has 0 atom stereocenters. The van der Waals surface area contributed by atoms with Gasteiger partial charge < -0.3 is 9.67 Å². The minimum atomic E-state index is -3.87. The van der Waals surface area contributed by atoms with Gasteiger partial charge >= 0.3 is 5.97 Å². The zero-order valence-corrected chi connectivity index (χ0v) is 18.0. The smallest absolute Gasteiger partial charge is 0.303 e. The van der Waals surface area contributed by atoms with Gasteiger partial charge in [-0.25, -0.2) is 5.14 Å². The zero-order valence-electron chi connectivity index (χ0n) is 15.6. The third-order valence-electron chi connectivity index (χ3n) is 4.39. The van der Waals surface area contributed by atoms with Gasteiger partial charge in [-0.3, -0.25) is 9.52 Å². The molecule has 29 heavy (non-hydrogen) atoms. The third-order valence-corrected chi connectivity index (χ3v) is 5.44. The maximum absolute atomic E-state index is 11.3. The first-order valence-corrected chi connectivity index (χ1v) is 11.1. The van der Waals surface area contributed by atoms with Gasteiger partial charge in [0.1, 0.15) is 0 Å². The topological polar surface area (TPSA) is 114 Å². The predicted octanol–water partition coefficient (Wildman–Crippen LogP) is 3.85. The first kappa shape index (κ1) is 21.1. The van der Waals surface area contributed by atoms with Crippen LogP contribution in [0.3, 0.4) is 0 Å². The molecular weight excluding hydrogens is 458 g/mol. The van der Waals surface area contributed by atoms with Crippen LogP contribution in [0.25, 0.3) is 16.9 Å². The fraction of sp³-hybridized carbons (Fsp3) is 0.150. The van der Waals surface area contributed by atoms with Crippen molar-refractivity contribution in [2.24, 2.45) is 5.14 Å². The minimum Gasteiger partial charge on any atom is -0.481 e. The molecule has 2 aromatic carbocycles. The molecule has 9 heteroatoms. The van der Waals surface area contributed by atoms with E-state index in [-0.39, 0.29) is 6.42 Å². The van der Waals surface area contributed by atoms with Crippen LogP contribution < -0.4 is 9.86 Å². The van der Waals surface area contributed by atoms with Gasteiger partial charge in [0, 0.05) is 15.9 Å². The highest BCUT2D eigenvalue weighted by molar-refractivity contribution is 9.10. The number of carboxylic acids is 1. The number of aliphatic carboxylic acids is 1. The van der Waals surface area contributed by atoms with Gasteiger partial charge in [0.15, 0.2) is 0 Å². The Bertz CT molecular complexity index is 1150. The summed E-state index contributed by atoms with van der Waals surface area (Å²) in [5, 5.41) is 14.1. The molecule has 0 saturated carbocycles. The number of hydrogen-bond donors (Lipinski definition) is 3. The average Bonchev–Trinajstić information content (AvgIpc) is 3.03. The van der Waals surface area contributed by atoms with Crippen LogP contribution in [0.15, 0.2) is 59.1 Å². The fourth-order valence-electron chi connectivity index (χ4n) is 3.17. The van der Waals surface area contributed by atoms with E-state index in [2.05, 4.69) is 20.7 Å². The van der Waals surface area contributed by atoms with Crippen LogP contribution in [0.2, 0.25) is 0 Å². The van der Waals surface area contributed by atoms with E-state index in [0.29, 0.717) is 12.1 Å². The minimum absolute atomic E-state index is 0.00783. The molecule has 0 radical (unpaired) electrons. The summed E-state index contributed by atoms with van der Waals surface area (Å²) in [6, 6.07) is 16.8. The summed E-state index contributed by atoms with van der Waals surface area (Å²) >= 11 is 3.43. The number of nitrogens with one attached hydrogen (secondary N) is 1. The molecule has 0 aliphatic heterocycles. The molecule has 1 aromatic heterocycles. The van der Waals surface area contributed by atoms with Gasteiger partial charge in [-0.2, -0.15) is 8.42 Å². The molecule has 3 rings (SSSR count). The summed E-state index contributed by atoms with van der Waals surface area (Å²) in [5.74, 6) is -0.868. The standard InChI is InChI=1S/C20H20BrN3O4S/c1-13-12-16(23-29(22,27)28)6-9-18(13)24-17(8-11-20(25)26)7-10-19(24)14-2-4-15(21)5-3-14/h2-7,9-10,12,23H,8,11H2,1H3,(H,25,26)(H2,22,27,28). The Labute approximate surface area is 177 Å². The summed E-state index contributed by atoms with van der Waals surface area (Å²) in [7, 11) is -3.87. The molecular formula is C20H20BrN3O4S. The van der Waals surface area contributed by atoms with Crippen molar-refractivity contribution in [3.63, 3.8) is 0 Å². The molecule has 4 N–H and O–H groups in total. The highest BCUT2D eigenvalue weighted by Gasteiger charge is 2.15. The summed E-state index contributed by atoms with van der Waals surface area (Å²) < 4.78 is 27.8. The van der Waals surface area contributed by atoms with Crippen molar-refractivity contribution in [3.8, 4) is 16.9 Å². The lowest BCUT2D eigenvalue weighted by Crippen LogP contribution is -2.21. The monoisotopic (exact) mass is 477 g/mol. The third kappa shape index (κ3) is 5.26. The Morgan fingerprint density at radius 2 is 1.83 bits per heavy atom. The first-order chi connectivity index (χ1) is 13.6. The molecule has 1 heterocycles. The number of carboxylic acid groups (broad SMARTS) is 1. The number of aromatic nitrogens is 1. The Morgan fingerprint density at radius 3 is 2.41 bits per heavy atom. The molecule has 0 bridgehead atoms. The van der Waals surface area contributed by atoms with E-state index >= 15 is 0 Å². The summed E-state index contributed by atoms with van der Waals surface area (Å²) in [4.78, 5) is 11.1. The number of nitrogens with two attached hydrogens (primary N) is 1. The van der Waals surface area contributed by atoms with E-state index in [1.165, 1.54) is 0 Å². The van der Waals surface area contributed by atoms with Gasteiger partial charge in [-0.15, -0.1) is 0 Å². The van der Waals surface area contributed by atoms with E-state index in [4.69, 9.17) is 10.2 Å². The van der Waals surface area contributed by atoms with Crippen LogP contribution in [-0.4, -0.2) is 24.1 Å². The van der Waals surface area contributed by atoms with Crippen LogP contribution in [0, 0.1) is 6.92 Å². The maximum atomic E-state index is 11.3. The van der Waals surface area contributed by atoms with Crippen molar-refractivity contribution in [2.45, 2.75) is 19.8 Å². The van der Waals surface area contributed by atoms with Gasteiger partial charge in [0.25, 0.3) is 10.2 Å². The molecule has 0 aliphatic rings. The lowest BCUT2D eigenvalue weighted by molar-refractivity contribution is -0.136. The van der Waals surface area contributed by atoms with Gasteiger partial charge in [-0.05, 0) is 66.9 Å². The second-order valence-electron chi connectivity index (χ2n) is 6.59. The van der Waals surface area contributed by atoms with E-state index in [0.717, 1.165) is 32.7 Å². The molecule has 3 aromatic rings. The number of aryl methyl sites for hydroxylation is 2. The zero-order chi connectivity index (χ0) is 21.2. The van der Waals surface area contributed by atoms with Gasteiger partial charge in [0.2, 0.25) is 0 Å². The van der Waals surface area contributed by atoms with Crippen LogP contribution in [0.1, 0.15) is 17.7 Å². The summed E-state index contributed by atoms with van der Waals surface area (Å²) in [5.41, 5.74) is 4.73. The van der Waals surface area contributed by atoms with E-state index in [1.54, 1.807) is 18.2 Å². The van der Waals surface area contributed by atoms with E-state index in [1.807, 2.05) is 47.9 Å². The summed E-state index contributed by atoms with van der Waals surface area (Å²) in [6.45, 7) is 1.86. The van der Waals surface area contributed by atoms with Crippen LogP contribution in [-0.2, 0) is 21.4 Å². The van der Waals surface area contributed by atoms with Crippen molar-refractivity contribution in [3.05, 3.63) is 70.3 Å². The Morgan fingerprint density at radius 1 is 1.14 bits per heavy atom. The Hall–Kier alpha value is -2.62. The van der Waals surface area contributed by atoms with E-state index in [9.17, 15) is 13.2 Å². The molecule has 7 nitrogen and oxygen atoms in total. The predicted molar refractivity (Wildman–Crippen MR) is 116 cm³/mol. The number of benzene rings is 2. The summed E-state index contributed by atoms with van der Waals surface area (Å²) in [6.07, 6.45) is 0.371. The van der Waals surface area contributed by atoms with Crippen molar-refractivity contribution < 1.29 is 18.3 Å². The highest BCUT2D eigenvalue weighted by Crippen LogP contribution is 2.31. The molecule has 0 unspecified atom stereocenters. The molecule has 0 amide bonds. The van der Waals surface area contributed by atoms with Crippen LogP contribution in [0.5, 0.6) is 0 Å². The van der Waals surface area contributed by atoms with Crippen molar-refractivity contribution >= 4 is 37.8 Å². The van der Waals surface area contributed by atoms with Gasteiger partial charge in [0.05, 0.1) is 17.8 Å². The normalized spacial score (nSPS) is 11.4. The number of anilines is 1. The number of carbonyl (C=O) groups is 1. The Balaban J connectivity index is 2.11. The molecule has 0 saturated heterocycles. The number of halogens is 1. The second kappa shape index (κ2) is 8.40. The highest BCUT2D eigenvalue weighted by atomic mass is 79.9. The SMILES string of the molecule is Cc1cc(NS(N)(=O)=O)ccc1-n1c(CCC(=O)O)ccc1-c1ccc(Br)cc1. The molecule has 152 valence electrons. The average molecular weight is 478 g/mol. The lowest BCUT2D eigenvalue weighted by Gasteiger charge is -2.17. The van der Waals surface area contributed by atoms with Crippen molar-refractivity contribution in [1.82, 2.24) is 4.57 Å². The molecule has 0 spiro atoms. The number of hydrogen-bond acceptors (Lipinski definition) is 3. The van der Waals surface area contributed by atoms with Crippen molar-refractivity contribution in [1.29, 1.82) is 0 Å². The molecule has 0 fully saturated rings. The van der Waals surface area contributed by atoms with Crippen molar-refractivity contribution in [2.75, 3.05) is 4.72 Å². The maximum Gasteiger partial charge on any atom is 0.303 e. The number of rotatable bonds is 7. The molecule has 0 aliphatic carbocycles. The van der Waals surface area contributed by atoms with Crippen LogP contribution in [0.4, 0.5) is 5.69 Å². The first-order valence-electron chi connectivity index (χ1n) is 8.74. The largest absolute Gasteiger partial charge is 0.481 e. The second-order valence-corrected chi connectivity index (χ2v) is 8.80. The van der Waals surface area contributed by atoms with E-state index < -0.39 is 16.2 Å². The number of nitrogens with zero attached hydrogens (tertiary/aromatic N) is 1. The lowest BCUT2D eigenvalue weighted by atomic mass is 10.1. The van der Waals surface area contributed by atoms with Crippen LogP contribution >= 0.6 is 15.9 Å². The Kier molecular flexibility index (Phi) is 6.11.